The fourth-order valence-electron chi connectivity index (χ4n) is 3.41. The molecule has 0 aliphatic carbocycles. The third-order valence-electron chi connectivity index (χ3n) is 5.23. The molecule has 1 aliphatic heterocycles. The van der Waals surface area contributed by atoms with Gasteiger partial charge < -0.3 is 15.1 Å². The van der Waals surface area contributed by atoms with Gasteiger partial charge in [0.2, 0.25) is 5.91 Å². The van der Waals surface area contributed by atoms with Crippen molar-refractivity contribution in [1.82, 2.24) is 10.2 Å². The number of thioether (sulfide) groups is 1. The number of amides is 1. The number of aryl methyl sites for hydroxylation is 1. The fraction of sp³-hybridized carbons (Fsp3) is 0.261. The van der Waals surface area contributed by atoms with Gasteiger partial charge in [0, 0.05) is 37.6 Å². The fourth-order valence-corrected chi connectivity index (χ4v) is 4.03. The number of benzene rings is 2. The maximum absolute atomic E-state index is 13.6. The van der Waals surface area contributed by atoms with Crippen LogP contribution in [0.4, 0.5) is 26.0 Å². The summed E-state index contributed by atoms with van der Waals surface area (Å²) in [7, 11) is 0. The number of hydrogen-bond acceptors (Lipinski definition) is 6. The van der Waals surface area contributed by atoms with Crippen LogP contribution in [-0.2, 0) is 4.79 Å². The zero-order chi connectivity index (χ0) is 22.5. The van der Waals surface area contributed by atoms with Crippen molar-refractivity contribution in [2.45, 2.75) is 11.9 Å². The predicted octanol–water partition coefficient (Wildman–Crippen LogP) is 4.12. The molecular weight excluding hydrogens is 432 g/mol. The van der Waals surface area contributed by atoms with Crippen molar-refractivity contribution in [3.63, 3.8) is 0 Å². The summed E-state index contributed by atoms with van der Waals surface area (Å²) in [4.78, 5) is 16.5. The topological polar surface area (TPSA) is 61.4 Å². The Bertz CT molecular complexity index is 1070. The molecule has 1 amide bonds. The highest BCUT2D eigenvalue weighted by atomic mass is 32.2. The van der Waals surface area contributed by atoms with Crippen LogP contribution in [0.1, 0.15) is 5.56 Å². The molecule has 166 valence electrons. The van der Waals surface area contributed by atoms with Crippen molar-refractivity contribution >= 4 is 34.9 Å². The molecule has 32 heavy (non-hydrogen) atoms. The molecule has 1 aliphatic rings. The third-order valence-corrected chi connectivity index (χ3v) is 6.15. The zero-order valence-corrected chi connectivity index (χ0v) is 18.4. The Kier molecular flexibility index (Phi) is 6.84. The number of carbonyl (C=O) groups excluding carboxylic acids is 1. The van der Waals surface area contributed by atoms with Crippen LogP contribution in [0.5, 0.6) is 0 Å². The molecule has 0 radical (unpaired) electrons. The monoisotopic (exact) mass is 455 g/mol. The minimum absolute atomic E-state index is 0.153. The van der Waals surface area contributed by atoms with Crippen molar-refractivity contribution in [3.8, 4) is 0 Å². The lowest BCUT2D eigenvalue weighted by Gasteiger charge is -2.36. The quantitative estimate of drug-likeness (QED) is 0.565. The molecule has 0 saturated carbocycles. The maximum Gasteiger partial charge on any atom is 0.234 e. The number of rotatable bonds is 6. The first-order chi connectivity index (χ1) is 15.5. The van der Waals surface area contributed by atoms with Gasteiger partial charge in [-0.3, -0.25) is 4.79 Å². The van der Waals surface area contributed by atoms with Crippen molar-refractivity contribution in [2.24, 2.45) is 0 Å². The molecule has 6 nitrogen and oxygen atoms in total. The Morgan fingerprint density at radius 3 is 2.34 bits per heavy atom. The molecule has 2 aromatic carbocycles. The Morgan fingerprint density at radius 2 is 1.69 bits per heavy atom. The summed E-state index contributed by atoms with van der Waals surface area (Å²) in [5.74, 6) is 0.117. The van der Waals surface area contributed by atoms with Gasteiger partial charge in [0.05, 0.1) is 5.75 Å². The molecule has 1 saturated heterocycles. The Balaban J connectivity index is 1.25. The number of carbonyl (C=O) groups is 1. The zero-order valence-electron chi connectivity index (χ0n) is 17.6. The van der Waals surface area contributed by atoms with Crippen molar-refractivity contribution in [2.75, 3.05) is 47.0 Å². The summed E-state index contributed by atoms with van der Waals surface area (Å²) in [6, 6.07) is 14.9. The van der Waals surface area contributed by atoms with E-state index in [-0.39, 0.29) is 23.3 Å². The van der Waals surface area contributed by atoms with Crippen LogP contribution < -0.4 is 15.1 Å². The van der Waals surface area contributed by atoms with E-state index in [2.05, 4.69) is 25.3 Å². The largest absolute Gasteiger partial charge is 0.368 e. The highest BCUT2D eigenvalue weighted by Gasteiger charge is 2.19. The average Bonchev–Trinajstić information content (AvgIpc) is 2.81. The first-order valence-corrected chi connectivity index (χ1v) is 11.2. The van der Waals surface area contributed by atoms with E-state index in [9.17, 15) is 13.6 Å². The predicted molar refractivity (Wildman–Crippen MR) is 123 cm³/mol. The van der Waals surface area contributed by atoms with Gasteiger partial charge in [-0.2, -0.15) is 0 Å². The van der Waals surface area contributed by atoms with Gasteiger partial charge >= 0.3 is 0 Å². The SMILES string of the molecule is Cc1ccc(NC(=O)CSc2ccc(N3CCN(c4ccc(F)cc4)CC3)nn2)cc1F. The second kappa shape index (κ2) is 9.95. The molecule has 1 N–H and O–H groups in total. The average molecular weight is 456 g/mol. The van der Waals surface area contributed by atoms with Crippen LogP contribution >= 0.6 is 11.8 Å². The summed E-state index contributed by atoms with van der Waals surface area (Å²) in [5, 5.41) is 11.8. The summed E-state index contributed by atoms with van der Waals surface area (Å²) >= 11 is 1.27. The number of nitrogens with one attached hydrogen (secondary N) is 1. The molecule has 0 spiro atoms. The van der Waals surface area contributed by atoms with E-state index in [0.717, 1.165) is 37.7 Å². The van der Waals surface area contributed by atoms with Gasteiger partial charge in [0.1, 0.15) is 16.7 Å². The van der Waals surface area contributed by atoms with E-state index in [1.54, 1.807) is 31.2 Å². The number of anilines is 3. The number of piperazine rings is 1. The number of aromatic nitrogens is 2. The highest BCUT2D eigenvalue weighted by molar-refractivity contribution is 7.99. The van der Waals surface area contributed by atoms with E-state index in [0.29, 0.717) is 16.3 Å². The van der Waals surface area contributed by atoms with Crippen LogP contribution in [0, 0.1) is 18.6 Å². The normalized spacial score (nSPS) is 13.8. The van der Waals surface area contributed by atoms with E-state index in [1.165, 1.54) is 30.0 Å². The molecule has 0 atom stereocenters. The van der Waals surface area contributed by atoms with Crippen molar-refractivity contribution in [1.29, 1.82) is 0 Å². The van der Waals surface area contributed by atoms with Crippen LogP contribution in [0.15, 0.2) is 59.6 Å². The first-order valence-electron chi connectivity index (χ1n) is 10.3. The second-order valence-electron chi connectivity index (χ2n) is 7.48. The van der Waals surface area contributed by atoms with Gasteiger partial charge in [0.15, 0.2) is 5.82 Å². The van der Waals surface area contributed by atoms with Crippen molar-refractivity contribution < 1.29 is 13.6 Å². The molecule has 9 heteroatoms. The lowest BCUT2D eigenvalue weighted by atomic mass is 10.2. The maximum atomic E-state index is 13.6. The smallest absolute Gasteiger partial charge is 0.234 e. The van der Waals surface area contributed by atoms with Gasteiger partial charge in [-0.05, 0) is 61.0 Å². The van der Waals surface area contributed by atoms with E-state index < -0.39 is 0 Å². The highest BCUT2D eigenvalue weighted by Crippen LogP contribution is 2.22. The second-order valence-corrected chi connectivity index (χ2v) is 8.48. The Morgan fingerprint density at radius 1 is 0.969 bits per heavy atom. The Hall–Kier alpha value is -3.20. The summed E-state index contributed by atoms with van der Waals surface area (Å²) in [5.41, 5.74) is 1.97. The lowest BCUT2D eigenvalue weighted by Crippen LogP contribution is -2.46. The summed E-state index contributed by atoms with van der Waals surface area (Å²) in [6.45, 7) is 4.86. The number of halogens is 2. The molecule has 2 heterocycles. The lowest BCUT2D eigenvalue weighted by molar-refractivity contribution is -0.113. The van der Waals surface area contributed by atoms with Gasteiger partial charge in [-0.25, -0.2) is 8.78 Å². The van der Waals surface area contributed by atoms with E-state index in [4.69, 9.17) is 0 Å². The van der Waals surface area contributed by atoms with Crippen LogP contribution in [0.2, 0.25) is 0 Å². The number of hydrogen-bond donors (Lipinski definition) is 1. The summed E-state index contributed by atoms with van der Waals surface area (Å²) in [6.07, 6.45) is 0. The molecule has 0 unspecified atom stereocenters. The van der Waals surface area contributed by atoms with Crippen LogP contribution in [0.3, 0.4) is 0 Å². The standard InChI is InChI=1S/C23H23F2N5OS/c1-16-2-5-18(14-20(16)25)26-22(31)15-32-23-9-8-21(27-28-23)30-12-10-29(11-13-30)19-6-3-17(24)4-7-19/h2-9,14H,10-13,15H2,1H3,(H,26,31). The minimum atomic E-state index is -0.351. The third kappa shape index (κ3) is 5.53. The molecule has 1 fully saturated rings. The Labute approximate surface area is 189 Å². The molecule has 3 aromatic rings. The molecule has 4 rings (SSSR count). The van der Waals surface area contributed by atoms with Crippen LogP contribution in [0.25, 0.3) is 0 Å². The van der Waals surface area contributed by atoms with E-state index >= 15 is 0 Å². The van der Waals surface area contributed by atoms with E-state index in [1.807, 2.05) is 12.1 Å². The van der Waals surface area contributed by atoms with Crippen LogP contribution in [-0.4, -0.2) is 48.0 Å². The first kappa shape index (κ1) is 22.0. The molecular formula is C23H23F2N5OS. The minimum Gasteiger partial charge on any atom is -0.368 e. The summed E-state index contributed by atoms with van der Waals surface area (Å²) < 4.78 is 26.7. The molecule has 1 aromatic heterocycles. The van der Waals surface area contributed by atoms with Gasteiger partial charge in [-0.15, -0.1) is 10.2 Å². The van der Waals surface area contributed by atoms with Crippen molar-refractivity contribution in [3.05, 3.63) is 71.8 Å². The molecule has 0 bridgehead atoms. The van der Waals surface area contributed by atoms with Gasteiger partial charge in [-0.1, -0.05) is 17.8 Å². The van der Waals surface area contributed by atoms with Gasteiger partial charge in [0.25, 0.3) is 0 Å². The number of nitrogens with zero attached hydrogens (tertiary/aromatic N) is 4.